The van der Waals surface area contributed by atoms with Gasteiger partial charge >= 0.3 is 0 Å². The third kappa shape index (κ3) is 3.34. The Bertz CT molecular complexity index is 258. The van der Waals surface area contributed by atoms with Gasteiger partial charge in [-0.3, -0.25) is 0 Å². The van der Waals surface area contributed by atoms with E-state index in [-0.39, 0.29) is 5.41 Å². The fourth-order valence-corrected chi connectivity index (χ4v) is 2.06. The van der Waals surface area contributed by atoms with Gasteiger partial charge in [0.25, 0.3) is 0 Å². The van der Waals surface area contributed by atoms with Crippen LogP contribution in [0.2, 0.25) is 0 Å². The molecule has 78 valence electrons. The van der Waals surface area contributed by atoms with Gasteiger partial charge in [-0.05, 0) is 23.3 Å². The maximum atomic E-state index is 6.00. The first-order valence-corrected chi connectivity index (χ1v) is 5.67. The van der Waals surface area contributed by atoms with E-state index < -0.39 is 0 Å². The molecule has 0 spiro atoms. The monoisotopic (exact) mass is 210 g/mol. The Hall–Kier alpha value is -0.490. The molecule has 0 nitrogen and oxygen atoms in total. The van der Waals surface area contributed by atoms with Crippen LogP contribution in [0.15, 0.2) is 30.3 Å². The van der Waals surface area contributed by atoms with E-state index in [2.05, 4.69) is 51.1 Å². The van der Waals surface area contributed by atoms with E-state index in [0.29, 0.717) is 5.92 Å². The summed E-state index contributed by atoms with van der Waals surface area (Å²) in [7, 11) is 0. The lowest BCUT2D eigenvalue weighted by molar-refractivity contribution is 0.264. The van der Waals surface area contributed by atoms with Crippen molar-refractivity contribution in [3.63, 3.8) is 0 Å². The van der Waals surface area contributed by atoms with Crippen molar-refractivity contribution in [1.82, 2.24) is 0 Å². The average Bonchev–Trinajstić information content (AvgIpc) is 2.14. The molecule has 0 amide bonds. The summed E-state index contributed by atoms with van der Waals surface area (Å²) in [4.78, 5) is 0. The number of hydrogen-bond acceptors (Lipinski definition) is 0. The van der Waals surface area contributed by atoms with Crippen LogP contribution in [0.4, 0.5) is 0 Å². The van der Waals surface area contributed by atoms with Gasteiger partial charge in [0.1, 0.15) is 0 Å². The van der Waals surface area contributed by atoms with Gasteiger partial charge in [-0.2, -0.15) is 0 Å². The zero-order valence-electron chi connectivity index (χ0n) is 9.26. The first-order valence-electron chi connectivity index (χ1n) is 5.14. The van der Waals surface area contributed by atoms with Crippen molar-refractivity contribution in [2.45, 2.75) is 27.2 Å². The van der Waals surface area contributed by atoms with E-state index in [9.17, 15) is 0 Å². The van der Waals surface area contributed by atoms with Crippen LogP contribution in [0.5, 0.6) is 0 Å². The molecule has 1 rings (SSSR count). The summed E-state index contributed by atoms with van der Waals surface area (Å²) in [5, 5.41) is 0. The largest absolute Gasteiger partial charge is 0.126 e. The van der Waals surface area contributed by atoms with Gasteiger partial charge in [-0.1, -0.05) is 51.1 Å². The van der Waals surface area contributed by atoms with Gasteiger partial charge < -0.3 is 0 Å². The van der Waals surface area contributed by atoms with Crippen molar-refractivity contribution in [3.05, 3.63) is 35.9 Å². The van der Waals surface area contributed by atoms with E-state index in [4.69, 9.17) is 11.6 Å². The van der Waals surface area contributed by atoms with Crippen molar-refractivity contribution in [2.24, 2.45) is 11.3 Å². The Labute approximate surface area is 92.3 Å². The highest BCUT2D eigenvalue weighted by atomic mass is 35.5. The first-order chi connectivity index (χ1) is 6.54. The minimum Gasteiger partial charge on any atom is -0.126 e. The Morgan fingerprint density at radius 2 is 1.71 bits per heavy atom. The molecule has 0 heterocycles. The molecule has 0 saturated carbocycles. The number of rotatable bonds is 3. The van der Waals surface area contributed by atoms with E-state index in [1.807, 2.05) is 0 Å². The molecule has 0 saturated heterocycles. The average molecular weight is 211 g/mol. The van der Waals surface area contributed by atoms with Crippen molar-refractivity contribution < 1.29 is 0 Å². The maximum Gasteiger partial charge on any atom is 0.0259 e. The van der Waals surface area contributed by atoms with Crippen LogP contribution >= 0.6 is 11.6 Å². The van der Waals surface area contributed by atoms with Crippen LogP contribution in [0, 0.1) is 11.3 Å². The smallest absolute Gasteiger partial charge is 0.0259 e. The molecule has 1 aromatic rings. The van der Waals surface area contributed by atoms with Crippen molar-refractivity contribution in [3.8, 4) is 0 Å². The van der Waals surface area contributed by atoms with Crippen LogP contribution < -0.4 is 0 Å². The Morgan fingerprint density at radius 1 is 1.14 bits per heavy atom. The summed E-state index contributed by atoms with van der Waals surface area (Å²) < 4.78 is 0. The highest BCUT2D eigenvalue weighted by molar-refractivity contribution is 6.18. The van der Waals surface area contributed by atoms with Gasteiger partial charge in [0, 0.05) is 5.88 Å². The fraction of sp³-hybridized carbons (Fsp3) is 0.538. The summed E-state index contributed by atoms with van der Waals surface area (Å²) in [6, 6.07) is 10.6. The van der Waals surface area contributed by atoms with Crippen LogP contribution in [0.3, 0.4) is 0 Å². The van der Waals surface area contributed by atoms with Gasteiger partial charge in [-0.25, -0.2) is 0 Å². The van der Waals surface area contributed by atoms with E-state index in [1.165, 1.54) is 5.56 Å². The van der Waals surface area contributed by atoms with Crippen LogP contribution in [-0.4, -0.2) is 5.88 Å². The molecule has 0 aliphatic rings. The second-order valence-electron chi connectivity index (χ2n) is 4.91. The standard InChI is InChI=1S/C13H19Cl/c1-13(2,3)12(10-14)9-11-7-5-4-6-8-11/h4-8,12H,9-10H2,1-3H3. The second kappa shape index (κ2) is 4.84. The summed E-state index contributed by atoms with van der Waals surface area (Å²) in [6.07, 6.45) is 1.08. The SMILES string of the molecule is CC(C)(C)C(CCl)Cc1ccccc1. The molecular formula is C13H19Cl. The molecule has 0 aromatic heterocycles. The molecule has 14 heavy (non-hydrogen) atoms. The molecule has 1 aromatic carbocycles. The van der Waals surface area contributed by atoms with Gasteiger partial charge in [0.15, 0.2) is 0 Å². The number of alkyl halides is 1. The quantitative estimate of drug-likeness (QED) is 0.659. The molecule has 0 N–H and O–H groups in total. The Kier molecular flexibility index (Phi) is 4.00. The highest BCUT2D eigenvalue weighted by Gasteiger charge is 2.23. The normalized spacial score (nSPS) is 14.0. The predicted molar refractivity (Wildman–Crippen MR) is 63.8 cm³/mol. The lowest BCUT2D eigenvalue weighted by Crippen LogP contribution is -2.24. The van der Waals surface area contributed by atoms with Crippen molar-refractivity contribution in [1.29, 1.82) is 0 Å². The summed E-state index contributed by atoms with van der Waals surface area (Å²) in [5.41, 5.74) is 1.67. The second-order valence-corrected chi connectivity index (χ2v) is 5.22. The van der Waals surface area contributed by atoms with Gasteiger partial charge in [0.2, 0.25) is 0 Å². The van der Waals surface area contributed by atoms with E-state index >= 15 is 0 Å². The number of hydrogen-bond donors (Lipinski definition) is 0. The molecule has 1 unspecified atom stereocenters. The molecule has 0 aliphatic heterocycles. The third-order valence-electron chi connectivity index (χ3n) is 2.74. The Morgan fingerprint density at radius 3 is 2.14 bits per heavy atom. The number of halogens is 1. The molecule has 0 radical (unpaired) electrons. The lowest BCUT2D eigenvalue weighted by Gasteiger charge is -2.29. The topological polar surface area (TPSA) is 0 Å². The van der Waals surface area contributed by atoms with E-state index in [1.54, 1.807) is 0 Å². The third-order valence-corrected chi connectivity index (χ3v) is 3.11. The molecule has 1 atom stereocenters. The summed E-state index contributed by atoms with van der Waals surface area (Å²) in [6.45, 7) is 6.76. The van der Waals surface area contributed by atoms with Crippen molar-refractivity contribution in [2.75, 3.05) is 5.88 Å². The minimum atomic E-state index is 0.289. The summed E-state index contributed by atoms with van der Waals surface area (Å²) in [5.74, 6) is 1.28. The molecule has 0 fully saturated rings. The van der Waals surface area contributed by atoms with Crippen LogP contribution in [0.25, 0.3) is 0 Å². The number of benzene rings is 1. The highest BCUT2D eigenvalue weighted by Crippen LogP contribution is 2.29. The molecule has 0 bridgehead atoms. The fourth-order valence-electron chi connectivity index (χ4n) is 1.49. The molecule has 1 heteroatoms. The molecule has 0 aliphatic carbocycles. The summed E-state index contributed by atoms with van der Waals surface area (Å²) >= 11 is 6.00. The minimum absolute atomic E-state index is 0.289. The van der Waals surface area contributed by atoms with E-state index in [0.717, 1.165) is 12.3 Å². The van der Waals surface area contributed by atoms with Gasteiger partial charge in [0.05, 0.1) is 0 Å². The maximum absolute atomic E-state index is 6.00. The zero-order valence-corrected chi connectivity index (χ0v) is 10.0. The van der Waals surface area contributed by atoms with Crippen molar-refractivity contribution >= 4 is 11.6 Å². The van der Waals surface area contributed by atoms with Crippen LogP contribution in [0.1, 0.15) is 26.3 Å². The first kappa shape index (κ1) is 11.6. The Balaban J connectivity index is 2.67. The lowest BCUT2D eigenvalue weighted by atomic mass is 9.78. The van der Waals surface area contributed by atoms with Gasteiger partial charge in [-0.15, -0.1) is 11.6 Å². The van der Waals surface area contributed by atoms with Crippen LogP contribution in [-0.2, 0) is 6.42 Å². The zero-order chi connectivity index (χ0) is 10.6. The molecular weight excluding hydrogens is 192 g/mol. The predicted octanol–water partition coefficient (Wildman–Crippen LogP) is 4.13.